The van der Waals surface area contributed by atoms with Crippen molar-refractivity contribution < 1.29 is 9.31 Å². The highest BCUT2D eigenvalue weighted by molar-refractivity contribution is 6.51. The summed E-state index contributed by atoms with van der Waals surface area (Å²) < 4.78 is 12.6. The summed E-state index contributed by atoms with van der Waals surface area (Å²) >= 11 is 0. The highest BCUT2D eigenvalue weighted by Crippen LogP contribution is 2.81. The van der Waals surface area contributed by atoms with Crippen molar-refractivity contribution in [3.05, 3.63) is 35.4 Å². The van der Waals surface area contributed by atoms with Crippen molar-refractivity contribution in [1.82, 2.24) is 0 Å². The minimum atomic E-state index is -0.198. The summed E-state index contributed by atoms with van der Waals surface area (Å²) in [5, 5.41) is 0.300. The first kappa shape index (κ1) is 14.8. The number of hydrogen-bond donors (Lipinski definition) is 0. The summed E-state index contributed by atoms with van der Waals surface area (Å²) in [6.45, 7) is 10.8. The maximum atomic E-state index is 6.30. The van der Waals surface area contributed by atoms with Crippen molar-refractivity contribution in [3.63, 3.8) is 0 Å². The van der Waals surface area contributed by atoms with Crippen LogP contribution in [0.2, 0.25) is 5.31 Å². The second-order valence-corrected chi connectivity index (χ2v) is 9.15. The fraction of sp³-hybridized carbons (Fsp3) is 0.684. The van der Waals surface area contributed by atoms with E-state index < -0.39 is 0 Å². The highest BCUT2D eigenvalue weighted by atomic mass is 16.7. The van der Waals surface area contributed by atoms with E-state index in [0.717, 1.165) is 0 Å². The van der Waals surface area contributed by atoms with Gasteiger partial charge in [0, 0.05) is 5.31 Å². The molecule has 0 radical (unpaired) electrons. The molecule has 1 heterocycles. The Morgan fingerprint density at radius 2 is 1.59 bits per heavy atom. The topological polar surface area (TPSA) is 18.5 Å². The smallest absolute Gasteiger partial charge is 0.403 e. The molecule has 0 N–H and O–H groups in total. The van der Waals surface area contributed by atoms with Gasteiger partial charge in [0.15, 0.2) is 0 Å². The fourth-order valence-corrected chi connectivity index (χ4v) is 4.87. The van der Waals surface area contributed by atoms with Crippen molar-refractivity contribution in [1.29, 1.82) is 0 Å². The minimum absolute atomic E-state index is 0.00288. The molecule has 2 bridgehead atoms. The van der Waals surface area contributed by atoms with E-state index >= 15 is 0 Å². The van der Waals surface area contributed by atoms with Gasteiger partial charge >= 0.3 is 7.12 Å². The summed E-state index contributed by atoms with van der Waals surface area (Å²) in [5.41, 5.74) is 2.98. The van der Waals surface area contributed by atoms with E-state index in [-0.39, 0.29) is 18.3 Å². The summed E-state index contributed by atoms with van der Waals surface area (Å²) in [4.78, 5) is 0. The molecule has 1 aliphatic heterocycles. The van der Waals surface area contributed by atoms with Crippen molar-refractivity contribution in [2.45, 2.75) is 76.8 Å². The molecule has 5 rings (SSSR count). The van der Waals surface area contributed by atoms with Crippen LogP contribution in [0.3, 0.4) is 0 Å². The molecule has 4 fully saturated rings. The predicted molar refractivity (Wildman–Crippen MR) is 89.9 cm³/mol. The zero-order valence-corrected chi connectivity index (χ0v) is 14.5. The van der Waals surface area contributed by atoms with E-state index in [4.69, 9.17) is 9.31 Å². The van der Waals surface area contributed by atoms with Gasteiger partial charge in [0.2, 0.25) is 0 Å². The Hall–Kier alpha value is -0.795. The van der Waals surface area contributed by atoms with Crippen LogP contribution in [0.25, 0.3) is 0 Å². The number of benzene rings is 1. The van der Waals surface area contributed by atoms with E-state index in [1.807, 2.05) is 0 Å². The lowest BCUT2D eigenvalue weighted by Gasteiger charge is -2.71. The average Bonchev–Trinajstić information content (AvgIpc) is 2.51. The molecule has 4 aliphatic rings. The lowest BCUT2D eigenvalue weighted by atomic mass is 9.23. The van der Waals surface area contributed by atoms with Gasteiger partial charge in [-0.05, 0) is 71.3 Å². The normalized spacial score (nSPS) is 37.6. The molecule has 3 heteroatoms. The molecule has 2 nitrogen and oxygen atoms in total. The average molecular weight is 298 g/mol. The number of aryl methyl sites for hydroxylation is 1. The van der Waals surface area contributed by atoms with E-state index in [0.29, 0.717) is 10.7 Å². The van der Waals surface area contributed by atoms with Gasteiger partial charge in [-0.2, -0.15) is 0 Å². The third-order valence-corrected chi connectivity index (χ3v) is 6.60. The minimum Gasteiger partial charge on any atom is -0.403 e. The third-order valence-electron chi connectivity index (χ3n) is 6.60. The predicted octanol–water partition coefficient (Wildman–Crippen LogP) is 4.55. The molecule has 1 aromatic carbocycles. The van der Waals surface area contributed by atoms with E-state index in [1.54, 1.807) is 0 Å². The molecule has 1 aromatic rings. The molecule has 3 aliphatic carbocycles. The third kappa shape index (κ3) is 1.95. The molecule has 0 spiro atoms. The summed E-state index contributed by atoms with van der Waals surface area (Å²) in [7, 11) is -0.00288. The van der Waals surface area contributed by atoms with Crippen LogP contribution < -0.4 is 0 Å². The van der Waals surface area contributed by atoms with Crippen LogP contribution >= 0.6 is 0 Å². The maximum Gasteiger partial charge on any atom is 0.464 e. The molecular weight excluding hydrogens is 271 g/mol. The lowest BCUT2D eigenvalue weighted by Crippen LogP contribution is -2.64. The molecule has 0 amide bonds. The lowest BCUT2D eigenvalue weighted by molar-refractivity contribution is -0.109. The molecule has 0 aromatic heterocycles. The number of hydrogen-bond acceptors (Lipinski definition) is 2. The van der Waals surface area contributed by atoms with Crippen molar-refractivity contribution in [2.24, 2.45) is 5.41 Å². The zero-order chi connectivity index (χ0) is 15.8. The molecule has 3 saturated carbocycles. The van der Waals surface area contributed by atoms with Gasteiger partial charge in [-0.3, -0.25) is 0 Å². The van der Waals surface area contributed by atoms with Crippen LogP contribution in [0.15, 0.2) is 24.3 Å². The SMILES string of the molecule is Cc1cccc(CC23CC(B4OC(C)(C)C(C)(C)O4)(C2)C3)c1. The molecule has 0 unspecified atom stereocenters. The quantitative estimate of drug-likeness (QED) is 0.762. The zero-order valence-electron chi connectivity index (χ0n) is 14.5. The van der Waals surface area contributed by atoms with Gasteiger partial charge in [-0.1, -0.05) is 29.8 Å². The van der Waals surface area contributed by atoms with Crippen LogP contribution in [0.4, 0.5) is 0 Å². The molecular formula is C19H27BO2. The van der Waals surface area contributed by atoms with Crippen molar-refractivity contribution in [3.8, 4) is 0 Å². The van der Waals surface area contributed by atoms with Gasteiger partial charge in [-0.25, -0.2) is 0 Å². The Morgan fingerprint density at radius 1 is 1.00 bits per heavy atom. The van der Waals surface area contributed by atoms with E-state index in [1.165, 1.54) is 36.8 Å². The molecule has 0 atom stereocenters. The fourth-order valence-electron chi connectivity index (χ4n) is 4.87. The Morgan fingerprint density at radius 3 is 2.14 bits per heavy atom. The van der Waals surface area contributed by atoms with Crippen LogP contribution in [0.1, 0.15) is 58.1 Å². The first-order valence-electron chi connectivity index (χ1n) is 8.57. The van der Waals surface area contributed by atoms with Crippen LogP contribution in [0, 0.1) is 12.3 Å². The van der Waals surface area contributed by atoms with Crippen LogP contribution in [0.5, 0.6) is 0 Å². The second kappa shape index (κ2) is 4.18. The summed E-state index contributed by atoms with van der Waals surface area (Å²) in [5.74, 6) is 0. The van der Waals surface area contributed by atoms with E-state index in [9.17, 15) is 0 Å². The second-order valence-electron chi connectivity index (χ2n) is 9.15. The van der Waals surface area contributed by atoms with Gasteiger partial charge in [-0.15, -0.1) is 0 Å². The number of rotatable bonds is 3. The first-order valence-corrected chi connectivity index (χ1v) is 8.57. The van der Waals surface area contributed by atoms with Gasteiger partial charge in [0.1, 0.15) is 0 Å². The van der Waals surface area contributed by atoms with Gasteiger partial charge < -0.3 is 9.31 Å². The Balaban J connectivity index is 1.42. The van der Waals surface area contributed by atoms with Crippen LogP contribution in [-0.2, 0) is 15.7 Å². The molecule has 1 saturated heterocycles. The van der Waals surface area contributed by atoms with E-state index in [2.05, 4.69) is 58.9 Å². The monoisotopic (exact) mass is 298 g/mol. The van der Waals surface area contributed by atoms with Crippen molar-refractivity contribution >= 4 is 7.12 Å². The summed E-state index contributed by atoms with van der Waals surface area (Å²) in [6.07, 6.45) is 5.02. The molecule has 118 valence electrons. The van der Waals surface area contributed by atoms with Crippen molar-refractivity contribution in [2.75, 3.05) is 0 Å². The molecule has 22 heavy (non-hydrogen) atoms. The van der Waals surface area contributed by atoms with Crippen LogP contribution in [-0.4, -0.2) is 18.3 Å². The highest BCUT2D eigenvalue weighted by Gasteiger charge is 2.76. The Bertz CT molecular complexity index is 584. The van der Waals surface area contributed by atoms with Gasteiger partial charge in [0.05, 0.1) is 11.2 Å². The first-order chi connectivity index (χ1) is 10.2. The largest absolute Gasteiger partial charge is 0.464 e. The Kier molecular flexibility index (Phi) is 2.81. The summed E-state index contributed by atoms with van der Waals surface area (Å²) in [6, 6.07) is 8.97. The van der Waals surface area contributed by atoms with Gasteiger partial charge in [0.25, 0.3) is 0 Å². The standard InChI is InChI=1S/C19H27BO2/c1-14-7-6-8-15(9-14)10-18-11-19(12-18,13-18)20-21-16(2,3)17(4,5)22-20/h6-9H,10-13H2,1-5H3. The maximum absolute atomic E-state index is 6.30. The Labute approximate surface area is 134 Å².